The summed E-state index contributed by atoms with van der Waals surface area (Å²) in [6.07, 6.45) is 3.94. The molecular weight excluding hydrogens is 242 g/mol. The first-order chi connectivity index (χ1) is 9.20. The van der Waals surface area contributed by atoms with Crippen LogP contribution in [0.15, 0.2) is 24.3 Å². The molecule has 0 saturated carbocycles. The Kier molecular flexibility index (Phi) is 4.80. The van der Waals surface area contributed by atoms with Gasteiger partial charge >= 0.3 is 5.97 Å². The van der Waals surface area contributed by atoms with Crippen LogP contribution in [0.2, 0.25) is 0 Å². The second-order valence-corrected chi connectivity index (χ2v) is 5.01. The number of rotatable bonds is 5. The Labute approximate surface area is 114 Å². The van der Waals surface area contributed by atoms with Gasteiger partial charge < -0.3 is 9.84 Å². The average molecular weight is 263 g/mol. The van der Waals surface area contributed by atoms with Gasteiger partial charge in [-0.1, -0.05) is 18.6 Å². The van der Waals surface area contributed by atoms with Crippen LogP contribution in [0.5, 0.6) is 5.75 Å². The molecule has 0 unspecified atom stereocenters. The standard InChI is InChI=1S/C15H21NO3/c1-19-13-7-5-6-12(10-13)11-14(15(17)18)16-8-3-2-4-9-16/h5-7,10,14H,2-4,8-9,11H2,1H3,(H,17,18)/t14-/m1/s1. The maximum absolute atomic E-state index is 11.5. The van der Waals surface area contributed by atoms with Gasteiger partial charge in [0, 0.05) is 0 Å². The molecule has 1 saturated heterocycles. The van der Waals surface area contributed by atoms with E-state index >= 15 is 0 Å². The summed E-state index contributed by atoms with van der Waals surface area (Å²) in [6, 6.07) is 7.23. The SMILES string of the molecule is COc1cccc(C[C@H](C(=O)O)N2CCCCC2)c1. The van der Waals surface area contributed by atoms with Crippen molar-refractivity contribution in [3.63, 3.8) is 0 Å². The lowest BCUT2D eigenvalue weighted by atomic mass is 10.0. The van der Waals surface area contributed by atoms with Gasteiger partial charge in [0.25, 0.3) is 0 Å². The van der Waals surface area contributed by atoms with Crippen molar-refractivity contribution in [2.24, 2.45) is 0 Å². The summed E-state index contributed by atoms with van der Waals surface area (Å²) >= 11 is 0. The van der Waals surface area contributed by atoms with E-state index in [1.807, 2.05) is 24.3 Å². The van der Waals surface area contributed by atoms with Crippen LogP contribution in [-0.2, 0) is 11.2 Å². The van der Waals surface area contributed by atoms with E-state index in [0.717, 1.165) is 37.2 Å². The minimum atomic E-state index is -0.732. The van der Waals surface area contributed by atoms with E-state index in [9.17, 15) is 9.90 Å². The molecule has 0 aliphatic carbocycles. The number of methoxy groups -OCH3 is 1. The number of carboxylic acids is 1. The predicted molar refractivity (Wildman–Crippen MR) is 73.5 cm³/mol. The molecule has 1 fully saturated rings. The topological polar surface area (TPSA) is 49.8 Å². The maximum Gasteiger partial charge on any atom is 0.321 e. The van der Waals surface area contributed by atoms with Crippen molar-refractivity contribution in [2.45, 2.75) is 31.7 Å². The lowest BCUT2D eigenvalue weighted by Crippen LogP contribution is -2.45. The Morgan fingerprint density at radius 2 is 2.11 bits per heavy atom. The zero-order valence-corrected chi connectivity index (χ0v) is 11.3. The number of hydrogen-bond acceptors (Lipinski definition) is 3. The lowest BCUT2D eigenvalue weighted by molar-refractivity contribution is -0.143. The van der Waals surface area contributed by atoms with Gasteiger partial charge in [-0.2, -0.15) is 0 Å². The third-order valence-electron chi connectivity index (χ3n) is 3.68. The summed E-state index contributed by atoms with van der Waals surface area (Å²) in [6.45, 7) is 1.78. The van der Waals surface area contributed by atoms with E-state index in [1.54, 1.807) is 7.11 Å². The Bertz CT molecular complexity index is 427. The third-order valence-corrected chi connectivity index (χ3v) is 3.68. The molecule has 1 aromatic rings. The van der Waals surface area contributed by atoms with Gasteiger partial charge in [-0.3, -0.25) is 9.69 Å². The zero-order chi connectivity index (χ0) is 13.7. The lowest BCUT2D eigenvalue weighted by Gasteiger charge is -2.32. The fourth-order valence-corrected chi connectivity index (χ4v) is 2.63. The van der Waals surface area contributed by atoms with Crippen molar-refractivity contribution < 1.29 is 14.6 Å². The molecule has 1 aliphatic heterocycles. The second-order valence-electron chi connectivity index (χ2n) is 5.01. The molecule has 0 aromatic heterocycles. The molecule has 0 radical (unpaired) electrons. The first-order valence-corrected chi connectivity index (χ1v) is 6.80. The van der Waals surface area contributed by atoms with E-state index in [2.05, 4.69) is 4.90 Å². The highest BCUT2D eigenvalue weighted by Gasteiger charge is 2.26. The Hall–Kier alpha value is -1.55. The number of nitrogens with zero attached hydrogens (tertiary/aromatic N) is 1. The van der Waals surface area contributed by atoms with Crippen molar-refractivity contribution >= 4 is 5.97 Å². The summed E-state index contributed by atoms with van der Waals surface area (Å²) < 4.78 is 5.18. The Balaban J connectivity index is 2.08. The Morgan fingerprint density at radius 1 is 1.37 bits per heavy atom. The van der Waals surface area contributed by atoms with Gasteiger partial charge in [-0.15, -0.1) is 0 Å². The smallest absolute Gasteiger partial charge is 0.321 e. The number of hydrogen-bond donors (Lipinski definition) is 1. The van der Waals surface area contributed by atoms with Crippen LogP contribution in [0.4, 0.5) is 0 Å². The molecule has 1 aliphatic rings. The monoisotopic (exact) mass is 263 g/mol. The van der Waals surface area contributed by atoms with Crippen LogP contribution >= 0.6 is 0 Å². The molecule has 104 valence electrons. The number of piperidine rings is 1. The highest BCUT2D eigenvalue weighted by molar-refractivity contribution is 5.74. The number of carboxylic acid groups (broad SMARTS) is 1. The van der Waals surface area contributed by atoms with Crippen LogP contribution in [0.3, 0.4) is 0 Å². The van der Waals surface area contributed by atoms with Crippen LogP contribution in [0.25, 0.3) is 0 Å². The van der Waals surface area contributed by atoms with E-state index in [1.165, 1.54) is 6.42 Å². The Morgan fingerprint density at radius 3 is 2.74 bits per heavy atom. The van der Waals surface area contributed by atoms with E-state index < -0.39 is 12.0 Å². The van der Waals surface area contributed by atoms with Crippen LogP contribution in [0, 0.1) is 0 Å². The fraction of sp³-hybridized carbons (Fsp3) is 0.533. The van der Waals surface area contributed by atoms with E-state index in [-0.39, 0.29) is 0 Å². The normalized spacial score (nSPS) is 17.9. The summed E-state index contributed by atoms with van der Waals surface area (Å²) in [4.78, 5) is 13.6. The molecule has 1 heterocycles. The highest BCUT2D eigenvalue weighted by atomic mass is 16.5. The molecule has 1 atom stereocenters. The molecule has 4 heteroatoms. The summed E-state index contributed by atoms with van der Waals surface area (Å²) in [7, 11) is 1.62. The fourth-order valence-electron chi connectivity index (χ4n) is 2.63. The highest BCUT2D eigenvalue weighted by Crippen LogP contribution is 2.19. The molecule has 0 bridgehead atoms. The van der Waals surface area contributed by atoms with Crippen LogP contribution in [0.1, 0.15) is 24.8 Å². The zero-order valence-electron chi connectivity index (χ0n) is 11.3. The molecule has 0 spiro atoms. The number of aliphatic carboxylic acids is 1. The minimum absolute atomic E-state index is 0.424. The van der Waals surface area contributed by atoms with Crippen molar-refractivity contribution in [1.82, 2.24) is 4.90 Å². The van der Waals surface area contributed by atoms with Crippen LogP contribution < -0.4 is 4.74 Å². The van der Waals surface area contributed by atoms with E-state index in [0.29, 0.717) is 6.42 Å². The largest absolute Gasteiger partial charge is 0.497 e. The van der Waals surface area contributed by atoms with Crippen molar-refractivity contribution in [3.05, 3.63) is 29.8 Å². The van der Waals surface area contributed by atoms with E-state index in [4.69, 9.17) is 4.74 Å². The maximum atomic E-state index is 11.5. The minimum Gasteiger partial charge on any atom is -0.497 e. The van der Waals surface area contributed by atoms with Gasteiger partial charge in [0.05, 0.1) is 7.11 Å². The van der Waals surface area contributed by atoms with Gasteiger partial charge in [-0.25, -0.2) is 0 Å². The number of ether oxygens (including phenoxy) is 1. The first kappa shape index (κ1) is 13.9. The molecule has 1 N–H and O–H groups in total. The van der Waals surface area contributed by atoms with Crippen molar-refractivity contribution in [2.75, 3.05) is 20.2 Å². The first-order valence-electron chi connectivity index (χ1n) is 6.80. The predicted octanol–water partition coefficient (Wildman–Crippen LogP) is 2.18. The van der Waals surface area contributed by atoms with Crippen LogP contribution in [-0.4, -0.2) is 42.2 Å². The van der Waals surface area contributed by atoms with Gasteiger partial charge in [0.2, 0.25) is 0 Å². The van der Waals surface area contributed by atoms with Gasteiger partial charge in [-0.05, 0) is 50.0 Å². The summed E-state index contributed by atoms with van der Waals surface area (Å²) in [5, 5.41) is 9.44. The second kappa shape index (κ2) is 6.57. The van der Waals surface area contributed by atoms with Gasteiger partial charge in [0.1, 0.15) is 11.8 Å². The van der Waals surface area contributed by atoms with Crippen molar-refractivity contribution in [1.29, 1.82) is 0 Å². The molecule has 0 amide bonds. The molecular formula is C15H21NO3. The summed E-state index contributed by atoms with van der Waals surface area (Å²) in [5.74, 6) is 0.0463. The number of carbonyl (C=O) groups is 1. The summed E-state index contributed by atoms with van der Waals surface area (Å²) in [5.41, 5.74) is 1.01. The average Bonchev–Trinajstić information content (AvgIpc) is 2.45. The van der Waals surface area contributed by atoms with Gasteiger partial charge in [0.15, 0.2) is 0 Å². The number of benzene rings is 1. The third kappa shape index (κ3) is 3.70. The molecule has 19 heavy (non-hydrogen) atoms. The van der Waals surface area contributed by atoms with Crippen molar-refractivity contribution in [3.8, 4) is 5.75 Å². The molecule has 2 rings (SSSR count). The quantitative estimate of drug-likeness (QED) is 0.884. The number of likely N-dealkylation sites (tertiary alicyclic amines) is 1. The molecule has 1 aromatic carbocycles. The molecule has 4 nitrogen and oxygen atoms in total.